The molecule has 1 fully saturated rings. The number of amides is 1. The van der Waals surface area contributed by atoms with Crippen molar-refractivity contribution in [3.63, 3.8) is 0 Å². The predicted octanol–water partition coefficient (Wildman–Crippen LogP) is 3.34. The summed E-state index contributed by atoms with van der Waals surface area (Å²) < 4.78 is 1.91. The summed E-state index contributed by atoms with van der Waals surface area (Å²) >= 11 is 1.47. The average Bonchev–Trinajstić information content (AvgIpc) is 3.05. The van der Waals surface area contributed by atoms with Gasteiger partial charge < -0.3 is 0 Å². The van der Waals surface area contributed by atoms with Gasteiger partial charge in [-0.3, -0.25) is 10.1 Å². The zero-order valence-electron chi connectivity index (χ0n) is 13.6. The van der Waals surface area contributed by atoms with Crippen molar-refractivity contribution in [3.8, 4) is 5.69 Å². The molecule has 5 rings (SSSR count). The molecule has 6 nitrogen and oxygen atoms in total. The van der Waals surface area contributed by atoms with Crippen LogP contribution in [0.5, 0.6) is 0 Å². The zero-order valence-corrected chi connectivity index (χ0v) is 14.4. The van der Waals surface area contributed by atoms with Gasteiger partial charge in [-0.2, -0.15) is 5.10 Å². The Morgan fingerprint density at radius 2 is 2.00 bits per heavy atom. The lowest BCUT2D eigenvalue weighted by Crippen LogP contribution is -2.14. The summed E-state index contributed by atoms with van der Waals surface area (Å²) in [6.45, 7) is 0. The van der Waals surface area contributed by atoms with Gasteiger partial charge in [-0.15, -0.1) is 10.2 Å². The summed E-state index contributed by atoms with van der Waals surface area (Å²) in [4.78, 5) is 12.8. The fourth-order valence-electron chi connectivity index (χ4n) is 3.34. The number of rotatable bonds is 4. The SMILES string of the molecule is O=C(Nc1nnc(C2CC2)s1)c1nn(-c2ccccc2)c2c1CCC2. The van der Waals surface area contributed by atoms with E-state index in [-0.39, 0.29) is 5.91 Å². The normalized spacial score (nSPS) is 16.0. The Hall–Kier alpha value is -2.54. The summed E-state index contributed by atoms with van der Waals surface area (Å²) in [7, 11) is 0. The molecule has 1 N–H and O–H groups in total. The molecule has 0 saturated heterocycles. The van der Waals surface area contributed by atoms with Gasteiger partial charge in [-0.1, -0.05) is 29.5 Å². The molecule has 0 aliphatic heterocycles. The van der Waals surface area contributed by atoms with E-state index >= 15 is 0 Å². The van der Waals surface area contributed by atoms with Gasteiger partial charge in [0.2, 0.25) is 5.13 Å². The van der Waals surface area contributed by atoms with Crippen molar-refractivity contribution in [2.24, 2.45) is 0 Å². The minimum absolute atomic E-state index is 0.189. The van der Waals surface area contributed by atoms with Crippen LogP contribution in [-0.2, 0) is 12.8 Å². The molecule has 7 heteroatoms. The molecule has 0 spiro atoms. The topological polar surface area (TPSA) is 72.7 Å². The molecule has 126 valence electrons. The Labute approximate surface area is 148 Å². The molecule has 2 aliphatic rings. The number of carbonyl (C=O) groups excluding carboxylic acids is 1. The number of fused-ring (bicyclic) bond motifs is 1. The highest BCUT2D eigenvalue weighted by atomic mass is 32.1. The zero-order chi connectivity index (χ0) is 16.8. The molecular formula is C18H17N5OS. The van der Waals surface area contributed by atoms with Crippen molar-refractivity contribution in [1.29, 1.82) is 0 Å². The van der Waals surface area contributed by atoms with Crippen LogP contribution >= 0.6 is 11.3 Å². The van der Waals surface area contributed by atoms with Gasteiger partial charge >= 0.3 is 0 Å². The van der Waals surface area contributed by atoms with E-state index in [1.807, 2.05) is 35.0 Å². The van der Waals surface area contributed by atoms with Gasteiger partial charge in [0, 0.05) is 17.2 Å². The minimum Gasteiger partial charge on any atom is -0.295 e. The Balaban J connectivity index is 1.45. The summed E-state index contributed by atoms with van der Waals surface area (Å²) in [5, 5.41) is 17.4. The van der Waals surface area contributed by atoms with E-state index in [1.165, 1.54) is 24.2 Å². The molecule has 2 heterocycles. The third-order valence-electron chi connectivity index (χ3n) is 4.73. The summed E-state index contributed by atoms with van der Waals surface area (Å²) in [6, 6.07) is 9.98. The first-order chi connectivity index (χ1) is 12.3. The lowest BCUT2D eigenvalue weighted by atomic mass is 10.2. The van der Waals surface area contributed by atoms with E-state index in [0.29, 0.717) is 16.7 Å². The summed E-state index contributed by atoms with van der Waals surface area (Å²) in [5.74, 6) is 0.357. The van der Waals surface area contributed by atoms with Crippen LogP contribution in [0.1, 0.15) is 51.9 Å². The van der Waals surface area contributed by atoms with Crippen LogP contribution in [0.4, 0.5) is 5.13 Å². The van der Waals surface area contributed by atoms with Gasteiger partial charge in [0.15, 0.2) is 5.69 Å². The van der Waals surface area contributed by atoms with Crippen molar-refractivity contribution in [2.45, 2.75) is 38.0 Å². The standard InChI is InChI=1S/C18H17N5OS/c24-16(19-18-21-20-17(25-18)11-9-10-11)15-13-7-4-8-14(13)23(22-15)12-5-2-1-3-6-12/h1-3,5-6,11H,4,7-10H2,(H,19,21,24). The molecule has 25 heavy (non-hydrogen) atoms. The first-order valence-corrected chi connectivity index (χ1v) is 9.42. The molecule has 0 radical (unpaired) electrons. The van der Waals surface area contributed by atoms with Crippen molar-refractivity contribution in [3.05, 3.63) is 52.3 Å². The number of nitrogens with one attached hydrogen (secondary N) is 1. The van der Waals surface area contributed by atoms with E-state index in [9.17, 15) is 4.79 Å². The van der Waals surface area contributed by atoms with Gasteiger partial charge in [0.05, 0.1) is 5.69 Å². The predicted molar refractivity (Wildman–Crippen MR) is 95.4 cm³/mol. The lowest BCUT2D eigenvalue weighted by molar-refractivity contribution is 0.102. The Morgan fingerprint density at radius 1 is 1.16 bits per heavy atom. The first kappa shape index (κ1) is 14.8. The van der Waals surface area contributed by atoms with Crippen molar-refractivity contribution in [1.82, 2.24) is 20.0 Å². The van der Waals surface area contributed by atoms with Crippen LogP contribution in [0.2, 0.25) is 0 Å². The molecule has 1 amide bonds. The van der Waals surface area contributed by atoms with Gasteiger partial charge in [-0.05, 0) is 44.2 Å². The Bertz CT molecular complexity index is 942. The molecule has 1 aromatic carbocycles. The van der Waals surface area contributed by atoms with Crippen molar-refractivity contribution >= 4 is 22.4 Å². The number of benzene rings is 1. The third kappa shape index (κ3) is 2.64. The van der Waals surface area contributed by atoms with Crippen molar-refractivity contribution in [2.75, 3.05) is 5.32 Å². The summed E-state index contributed by atoms with van der Waals surface area (Å²) in [5.41, 5.74) is 3.71. The van der Waals surface area contributed by atoms with Crippen LogP contribution in [0.25, 0.3) is 5.69 Å². The fraction of sp³-hybridized carbons (Fsp3) is 0.333. The maximum absolute atomic E-state index is 12.8. The largest absolute Gasteiger partial charge is 0.295 e. The second-order valence-corrected chi connectivity index (χ2v) is 7.56. The number of hydrogen-bond donors (Lipinski definition) is 1. The van der Waals surface area contributed by atoms with Crippen LogP contribution < -0.4 is 5.32 Å². The van der Waals surface area contributed by atoms with Crippen LogP contribution in [-0.4, -0.2) is 25.9 Å². The van der Waals surface area contributed by atoms with E-state index in [0.717, 1.165) is 41.2 Å². The highest BCUT2D eigenvalue weighted by Gasteiger charge is 2.29. The second kappa shape index (κ2) is 5.77. The molecule has 0 bridgehead atoms. The van der Waals surface area contributed by atoms with Crippen LogP contribution in [0, 0.1) is 0 Å². The quantitative estimate of drug-likeness (QED) is 0.782. The van der Waals surface area contributed by atoms with E-state index in [2.05, 4.69) is 20.6 Å². The Kier molecular flexibility index (Phi) is 3.41. The lowest BCUT2D eigenvalue weighted by Gasteiger charge is -2.04. The average molecular weight is 351 g/mol. The summed E-state index contributed by atoms with van der Waals surface area (Å²) in [6.07, 6.45) is 5.27. The number of aromatic nitrogens is 4. The second-order valence-electron chi connectivity index (χ2n) is 6.55. The van der Waals surface area contributed by atoms with E-state index < -0.39 is 0 Å². The van der Waals surface area contributed by atoms with Gasteiger partial charge in [0.25, 0.3) is 5.91 Å². The first-order valence-electron chi connectivity index (χ1n) is 8.60. The number of nitrogens with zero attached hydrogens (tertiary/aromatic N) is 4. The third-order valence-corrected chi connectivity index (χ3v) is 5.73. The van der Waals surface area contributed by atoms with E-state index in [1.54, 1.807) is 0 Å². The molecule has 2 aliphatic carbocycles. The Morgan fingerprint density at radius 3 is 2.80 bits per heavy atom. The monoisotopic (exact) mass is 351 g/mol. The highest BCUT2D eigenvalue weighted by molar-refractivity contribution is 7.15. The molecule has 1 saturated carbocycles. The van der Waals surface area contributed by atoms with Crippen LogP contribution in [0.3, 0.4) is 0 Å². The fourth-order valence-corrected chi connectivity index (χ4v) is 4.25. The smallest absolute Gasteiger partial charge is 0.278 e. The molecular weight excluding hydrogens is 334 g/mol. The van der Waals surface area contributed by atoms with Crippen molar-refractivity contribution < 1.29 is 4.79 Å². The number of hydrogen-bond acceptors (Lipinski definition) is 5. The molecule has 3 aromatic rings. The molecule has 0 unspecified atom stereocenters. The van der Waals surface area contributed by atoms with Crippen LogP contribution in [0.15, 0.2) is 30.3 Å². The maximum atomic E-state index is 12.8. The molecule has 0 atom stereocenters. The number of para-hydroxylation sites is 1. The highest BCUT2D eigenvalue weighted by Crippen LogP contribution is 2.42. The number of carbonyl (C=O) groups is 1. The molecule has 2 aromatic heterocycles. The minimum atomic E-state index is -0.189. The number of anilines is 1. The van der Waals surface area contributed by atoms with Gasteiger partial charge in [0.1, 0.15) is 5.01 Å². The van der Waals surface area contributed by atoms with E-state index in [4.69, 9.17) is 0 Å². The van der Waals surface area contributed by atoms with Gasteiger partial charge in [-0.25, -0.2) is 4.68 Å². The maximum Gasteiger partial charge on any atom is 0.278 e.